The summed E-state index contributed by atoms with van der Waals surface area (Å²) in [6.07, 6.45) is 0. The van der Waals surface area contributed by atoms with Gasteiger partial charge in [0.05, 0.1) is 25.6 Å². The van der Waals surface area contributed by atoms with Crippen molar-refractivity contribution in [1.29, 1.82) is 0 Å². The first-order valence-corrected chi connectivity index (χ1v) is 15.4. The molecule has 4 aromatic rings. The number of hydrogen-bond acceptors (Lipinski definition) is 9. The van der Waals surface area contributed by atoms with Gasteiger partial charge in [-0.05, 0) is 64.1 Å². The van der Waals surface area contributed by atoms with Crippen LogP contribution < -0.4 is 19.3 Å². The molecular weight excluding hydrogens is 582 g/mol. The summed E-state index contributed by atoms with van der Waals surface area (Å²) in [7, 11) is -0.251. The molecule has 0 saturated heterocycles. The Morgan fingerprint density at radius 1 is 0.795 bits per heavy atom. The summed E-state index contributed by atoms with van der Waals surface area (Å²) in [6.45, 7) is 11.6. The number of nitrogens with zero attached hydrogens (tertiary/aromatic N) is 5. The van der Waals surface area contributed by atoms with Gasteiger partial charge in [0.2, 0.25) is 5.75 Å². The van der Waals surface area contributed by atoms with E-state index in [9.17, 15) is 18.3 Å². The molecule has 0 bridgehead atoms. The van der Waals surface area contributed by atoms with Crippen molar-refractivity contribution in [3.8, 4) is 51.2 Å². The van der Waals surface area contributed by atoms with Crippen molar-refractivity contribution in [2.75, 3.05) is 50.2 Å². The highest BCUT2D eigenvalue weighted by molar-refractivity contribution is 7.62. The van der Waals surface area contributed by atoms with Crippen molar-refractivity contribution in [2.45, 2.75) is 27.7 Å². The van der Waals surface area contributed by atoms with Crippen LogP contribution in [0.4, 0.5) is 16.2 Å². The lowest BCUT2D eigenvalue weighted by Gasteiger charge is -2.21. The van der Waals surface area contributed by atoms with E-state index in [0.29, 0.717) is 28.1 Å². The van der Waals surface area contributed by atoms with Crippen LogP contribution in [0, 0.1) is 0 Å². The Morgan fingerprint density at radius 3 is 1.66 bits per heavy atom. The summed E-state index contributed by atoms with van der Waals surface area (Å²) in [5.41, 5.74) is 4.49. The number of carbonyl (C=O) groups excluding carboxylic acids is 1. The highest BCUT2D eigenvalue weighted by atomic mass is 32.2. The summed E-state index contributed by atoms with van der Waals surface area (Å²) in [5.74, 6) is 0.0290. The summed E-state index contributed by atoms with van der Waals surface area (Å²) < 4.78 is 38.5. The average Bonchev–Trinajstić information content (AvgIpc) is 3.44. The molecule has 232 valence electrons. The monoisotopic (exact) mass is 619 g/mol. The van der Waals surface area contributed by atoms with Crippen LogP contribution in [0.2, 0.25) is 0 Å². The number of imidazole rings is 1. The van der Waals surface area contributed by atoms with E-state index in [4.69, 9.17) is 14.5 Å². The van der Waals surface area contributed by atoms with Gasteiger partial charge in [0, 0.05) is 54.2 Å². The fourth-order valence-electron chi connectivity index (χ4n) is 5.23. The Bertz CT molecular complexity index is 1730. The standard InChI is InChI=1S/C32H37N5O6S/c1-7-35(8-2)24-15-11-21(12-16-24)28-29(22-13-17-25(18-14-22)36(9-3)10-4)37(32(39)34-44(40)41)31(33-28)23-19-26(42-5)30(38)27(20-23)43-6/h11-20,38H,7-10H2,1-6H3. The molecule has 11 nitrogen and oxygen atoms in total. The quantitative estimate of drug-likeness (QED) is 0.205. The number of methoxy groups -OCH3 is 2. The second-order valence-electron chi connectivity index (χ2n) is 9.73. The molecular formula is C32H37N5O6S. The van der Waals surface area contributed by atoms with Crippen LogP contribution in [0.1, 0.15) is 27.7 Å². The number of phenols is 1. The van der Waals surface area contributed by atoms with E-state index in [1.165, 1.54) is 30.9 Å². The van der Waals surface area contributed by atoms with E-state index >= 15 is 0 Å². The van der Waals surface area contributed by atoms with Crippen molar-refractivity contribution in [1.82, 2.24) is 9.55 Å². The number of aromatic hydroxyl groups is 1. The van der Waals surface area contributed by atoms with Gasteiger partial charge < -0.3 is 24.4 Å². The molecule has 0 aliphatic rings. The molecule has 0 atom stereocenters. The summed E-state index contributed by atoms with van der Waals surface area (Å²) >= 11 is 0. The molecule has 0 unspecified atom stereocenters. The van der Waals surface area contributed by atoms with Gasteiger partial charge in [-0.1, -0.05) is 28.6 Å². The number of benzene rings is 3. The number of carbonyl (C=O) groups is 1. The number of phenolic OH excluding ortho intramolecular Hbond substituents is 1. The SMILES string of the molecule is CCN(CC)c1ccc(-c2nc(-c3cc(OC)c(O)c(OC)c3)n(C(=O)N=S(=O)=O)c2-c2ccc(N(CC)CC)cc2)cc1. The fourth-order valence-corrected chi connectivity index (χ4v) is 5.44. The molecule has 0 radical (unpaired) electrons. The first-order chi connectivity index (χ1) is 21.2. The number of rotatable bonds is 11. The second kappa shape index (κ2) is 14.1. The highest BCUT2D eigenvalue weighted by Gasteiger charge is 2.27. The summed E-state index contributed by atoms with van der Waals surface area (Å²) in [4.78, 5) is 22.9. The summed E-state index contributed by atoms with van der Waals surface area (Å²) in [5, 5.41) is 10.5. The van der Waals surface area contributed by atoms with Gasteiger partial charge >= 0.3 is 16.5 Å². The van der Waals surface area contributed by atoms with Crippen molar-refractivity contribution in [2.24, 2.45) is 4.36 Å². The molecule has 0 aliphatic heterocycles. The van der Waals surface area contributed by atoms with Gasteiger partial charge in [0.15, 0.2) is 11.5 Å². The normalized spacial score (nSPS) is 10.8. The lowest BCUT2D eigenvalue weighted by molar-refractivity contribution is 0.251. The van der Waals surface area contributed by atoms with E-state index in [0.717, 1.165) is 37.6 Å². The molecule has 12 heteroatoms. The zero-order chi connectivity index (χ0) is 32.0. The van der Waals surface area contributed by atoms with Crippen LogP contribution in [0.5, 0.6) is 17.2 Å². The van der Waals surface area contributed by atoms with Crippen LogP contribution in [0.25, 0.3) is 33.9 Å². The first-order valence-electron chi connectivity index (χ1n) is 14.3. The Labute approximate surface area is 259 Å². The third-order valence-corrected chi connectivity index (χ3v) is 7.80. The van der Waals surface area contributed by atoms with Crippen LogP contribution >= 0.6 is 0 Å². The molecule has 0 fully saturated rings. The van der Waals surface area contributed by atoms with Crippen molar-refractivity contribution in [3.05, 3.63) is 60.7 Å². The maximum absolute atomic E-state index is 13.6. The van der Waals surface area contributed by atoms with E-state index in [1.807, 2.05) is 48.5 Å². The molecule has 1 heterocycles. The largest absolute Gasteiger partial charge is 0.502 e. The van der Waals surface area contributed by atoms with Crippen molar-refractivity contribution in [3.63, 3.8) is 0 Å². The molecule has 1 aromatic heterocycles. The predicted molar refractivity (Wildman–Crippen MR) is 173 cm³/mol. The lowest BCUT2D eigenvalue weighted by Crippen LogP contribution is -2.21. The third-order valence-electron chi connectivity index (χ3n) is 7.50. The number of ether oxygens (including phenoxy) is 2. The minimum Gasteiger partial charge on any atom is -0.502 e. The Balaban J connectivity index is 2.08. The van der Waals surface area contributed by atoms with E-state index < -0.39 is 16.5 Å². The molecule has 0 spiro atoms. The molecule has 44 heavy (non-hydrogen) atoms. The van der Waals surface area contributed by atoms with Crippen molar-refractivity contribution < 1.29 is 27.8 Å². The average molecular weight is 620 g/mol. The Kier molecular flexibility index (Phi) is 10.3. The predicted octanol–water partition coefficient (Wildman–Crippen LogP) is 6.33. The van der Waals surface area contributed by atoms with Crippen LogP contribution in [0.15, 0.2) is 65.0 Å². The molecule has 0 saturated carbocycles. The topological polar surface area (TPSA) is 127 Å². The minimum atomic E-state index is -3.02. The fraction of sp³-hybridized carbons (Fsp3) is 0.312. The number of amides is 1. The first kappa shape index (κ1) is 32.1. The van der Waals surface area contributed by atoms with Gasteiger partial charge in [-0.2, -0.15) is 8.42 Å². The highest BCUT2D eigenvalue weighted by Crippen LogP contribution is 2.43. The minimum absolute atomic E-state index is 0.0842. The number of aromatic nitrogens is 2. The van der Waals surface area contributed by atoms with Crippen molar-refractivity contribution >= 4 is 27.9 Å². The van der Waals surface area contributed by atoms with E-state index in [2.05, 4.69) is 41.9 Å². The van der Waals surface area contributed by atoms with Gasteiger partial charge in [-0.3, -0.25) is 0 Å². The zero-order valence-electron chi connectivity index (χ0n) is 25.7. The molecule has 1 N–H and O–H groups in total. The maximum atomic E-state index is 13.6. The van der Waals surface area contributed by atoms with Gasteiger partial charge in [-0.25, -0.2) is 14.3 Å². The zero-order valence-corrected chi connectivity index (χ0v) is 26.6. The van der Waals surface area contributed by atoms with Gasteiger partial charge in [0.25, 0.3) is 0 Å². The third kappa shape index (κ3) is 6.40. The maximum Gasteiger partial charge on any atom is 0.368 e. The molecule has 3 aromatic carbocycles. The Morgan fingerprint density at radius 2 is 1.25 bits per heavy atom. The van der Waals surface area contributed by atoms with Crippen LogP contribution in [0.3, 0.4) is 0 Å². The molecule has 4 rings (SSSR count). The number of hydrogen-bond donors (Lipinski definition) is 1. The summed E-state index contributed by atoms with van der Waals surface area (Å²) in [6, 6.07) is 17.4. The molecule has 0 aliphatic carbocycles. The number of anilines is 2. The van der Waals surface area contributed by atoms with Gasteiger partial charge in [0.1, 0.15) is 5.82 Å². The van der Waals surface area contributed by atoms with E-state index in [1.54, 1.807) is 0 Å². The van der Waals surface area contributed by atoms with Crippen LogP contribution in [-0.4, -0.2) is 69.5 Å². The van der Waals surface area contributed by atoms with Gasteiger partial charge in [-0.15, -0.1) is 0 Å². The lowest BCUT2D eigenvalue weighted by atomic mass is 10.0. The van der Waals surface area contributed by atoms with E-state index in [-0.39, 0.29) is 23.1 Å². The van der Waals surface area contributed by atoms with Crippen LogP contribution in [-0.2, 0) is 10.5 Å². The Hall–Kier alpha value is -4.84. The molecule has 1 amide bonds. The smallest absolute Gasteiger partial charge is 0.368 e. The second-order valence-corrected chi connectivity index (χ2v) is 10.3.